The van der Waals surface area contributed by atoms with Gasteiger partial charge in [0.2, 0.25) is 0 Å². The van der Waals surface area contributed by atoms with Gasteiger partial charge in [-0.15, -0.1) is 0 Å². The lowest BCUT2D eigenvalue weighted by molar-refractivity contribution is 0.628. The van der Waals surface area contributed by atoms with Gasteiger partial charge in [-0.3, -0.25) is 9.98 Å². The first-order valence-corrected chi connectivity index (χ1v) is 10.7. The molecule has 0 fully saturated rings. The maximum atomic E-state index is 6.35. The van der Waals surface area contributed by atoms with Gasteiger partial charge in [-0.2, -0.15) is 0 Å². The van der Waals surface area contributed by atoms with Crippen LogP contribution in [0.25, 0.3) is 11.1 Å². The molecule has 1 aliphatic heterocycles. The van der Waals surface area contributed by atoms with Gasteiger partial charge in [-0.25, -0.2) is 0 Å². The molecule has 4 heteroatoms. The largest absolute Gasteiger partial charge is 0.332 e. The predicted molar refractivity (Wildman–Crippen MR) is 127 cm³/mol. The van der Waals surface area contributed by atoms with Crippen LogP contribution in [-0.2, 0) is 13.0 Å². The molecule has 0 aliphatic carbocycles. The van der Waals surface area contributed by atoms with Crippen molar-refractivity contribution in [2.24, 2.45) is 16.6 Å². The number of benzene rings is 2. The van der Waals surface area contributed by atoms with Crippen LogP contribution in [0.2, 0.25) is 0 Å². The summed E-state index contributed by atoms with van der Waals surface area (Å²) >= 11 is 0. The van der Waals surface area contributed by atoms with Crippen molar-refractivity contribution in [2.75, 3.05) is 11.4 Å². The number of fused-ring (bicyclic) bond motifs is 1. The summed E-state index contributed by atoms with van der Waals surface area (Å²) in [5.74, 6) is 0.516. The fraction of sp³-hybridized carbons (Fsp3) is 0.308. The first kappa shape index (κ1) is 20.3. The van der Waals surface area contributed by atoms with Crippen molar-refractivity contribution in [3.05, 3.63) is 71.0 Å². The number of hydrogen-bond donors (Lipinski definition) is 1. The van der Waals surface area contributed by atoms with E-state index >= 15 is 0 Å². The van der Waals surface area contributed by atoms with Gasteiger partial charge in [0.15, 0.2) is 0 Å². The summed E-state index contributed by atoms with van der Waals surface area (Å²) in [7, 11) is 0. The second-order valence-corrected chi connectivity index (χ2v) is 8.43. The Morgan fingerprint density at radius 2 is 1.77 bits per heavy atom. The molecule has 0 atom stereocenters. The van der Waals surface area contributed by atoms with E-state index in [9.17, 15) is 0 Å². The monoisotopic (exact) mass is 398 g/mol. The lowest BCUT2D eigenvalue weighted by Gasteiger charge is -2.32. The highest BCUT2D eigenvalue weighted by Gasteiger charge is 2.25. The quantitative estimate of drug-likeness (QED) is 0.584. The fourth-order valence-electron chi connectivity index (χ4n) is 4.26. The number of para-hydroxylation sites is 2. The van der Waals surface area contributed by atoms with Crippen molar-refractivity contribution in [3.8, 4) is 11.1 Å². The SMILES string of the molecule is Cc1ccc(-c2c(CN)c(CC(C)C)nc(C)c2N2CC=Nc3ccccc32)cc1. The standard InChI is InChI=1S/C26H30N4/c1-17(2)15-23-21(16-27)25(20-11-9-18(3)10-12-20)26(19(4)29-23)30-14-13-28-22-7-5-6-8-24(22)30/h5-13,17H,14-16,27H2,1-4H3. The molecular formula is C26H30N4. The van der Waals surface area contributed by atoms with Crippen LogP contribution < -0.4 is 10.6 Å². The van der Waals surface area contributed by atoms with Gasteiger partial charge in [0.05, 0.1) is 29.3 Å². The zero-order valence-electron chi connectivity index (χ0n) is 18.3. The van der Waals surface area contributed by atoms with Gasteiger partial charge in [0.25, 0.3) is 0 Å². The summed E-state index contributed by atoms with van der Waals surface area (Å²) in [6, 6.07) is 17.0. The molecule has 0 radical (unpaired) electrons. The zero-order valence-corrected chi connectivity index (χ0v) is 18.3. The van der Waals surface area contributed by atoms with Crippen LogP contribution in [0.1, 0.15) is 36.4 Å². The van der Waals surface area contributed by atoms with E-state index in [1.807, 2.05) is 12.3 Å². The molecule has 2 aromatic carbocycles. The Bertz CT molecular complexity index is 1080. The van der Waals surface area contributed by atoms with Crippen LogP contribution in [0.15, 0.2) is 53.5 Å². The Morgan fingerprint density at radius 3 is 2.47 bits per heavy atom. The highest BCUT2D eigenvalue weighted by Crippen LogP contribution is 2.44. The Kier molecular flexibility index (Phi) is 5.69. The Hall–Kier alpha value is -2.98. The molecule has 4 rings (SSSR count). The minimum atomic E-state index is 0.467. The lowest BCUT2D eigenvalue weighted by atomic mass is 9.91. The first-order valence-electron chi connectivity index (χ1n) is 10.7. The van der Waals surface area contributed by atoms with E-state index in [0.717, 1.165) is 40.4 Å². The lowest BCUT2D eigenvalue weighted by Crippen LogP contribution is -2.25. The van der Waals surface area contributed by atoms with E-state index in [0.29, 0.717) is 19.0 Å². The Morgan fingerprint density at radius 1 is 1.03 bits per heavy atom. The van der Waals surface area contributed by atoms with Crippen LogP contribution in [0.4, 0.5) is 17.1 Å². The summed E-state index contributed by atoms with van der Waals surface area (Å²) in [6.07, 6.45) is 2.90. The van der Waals surface area contributed by atoms with Crippen molar-refractivity contribution in [1.82, 2.24) is 4.98 Å². The minimum Gasteiger partial charge on any atom is -0.332 e. The number of pyridine rings is 1. The summed E-state index contributed by atoms with van der Waals surface area (Å²) in [5.41, 5.74) is 16.5. The molecule has 0 saturated carbocycles. The van der Waals surface area contributed by atoms with E-state index in [1.165, 1.54) is 16.7 Å². The fourth-order valence-corrected chi connectivity index (χ4v) is 4.26. The molecule has 30 heavy (non-hydrogen) atoms. The average molecular weight is 399 g/mol. The highest BCUT2D eigenvalue weighted by molar-refractivity contribution is 5.93. The summed E-state index contributed by atoms with van der Waals surface area (Å²) in [6.45, 7) is 9.88. The topological polar surface area (TPSA) is 54.5 Å². The predicted octanol–water partition coefficient (Wildman–Crippen LogP) is 5.88. The zero-order chi connectivity index (χ0) is 21.3. The molecule has 1 aromatic heterocycles. The van der Waals surface area contributed by atoms with Gasteiger partial charge in [-0.05, 0) is 49.4 Å². The van der Waals surface area contributed by atoms with Gasteiger partial charge in [0.1, 0.15) is 0 Å². The van der Waals surface area contributed by atoms with Crippen LogP contribution in [0.5, 0.6) is 0 Å². The number of hydrogen-bond acceptors (Lipinski definition) is 4. The number of aryl methyl sites for hydroxylation is 2. The van der Waals surface area contributed by atoms with Crippen molar-refractivity contribution in [1.29, 1.82) is 0 Å². The molecule has 2 heterocycles. The molecule has 0 saturated heterocycles. The van der Waals surface area contributed by atoms with Crippen LogP contribution in [0.3, 0.4) is 0 Å². The minimum absolute atomic E-state index is 0.467. The number of rotatable bonds is 5. The molecule has 0 bridgehead atoms. The maximum absolute atomic E-state index is 6.35. The first-order chi connectivity index (χ1) is 14.5. The van der Waals surface area contributed by atoms with Crippen LogP contribution in [-0.4, -0.2) is 17.7 Å². The third-order valence-electron chi connectivity index (χ3n) is 5.62. The molecule has 2 N–H and O–H groups in total. The summed E-state index contributed by atoms with van der Waals surface area (Å²) in [5, 5.41) is 0. The summed E-state index contributed by atoms with van der Waals surface area (Å²) in [4.78, 5) is 12.0. The van der Waals surface area contributed by atoms with E-state index < -0.39 is 0 Å². The summed E-state index contributed by atoms with van der Waals surface area (Å²) < 4.78 is 0. The Labute approximate surface area is 179 Å². The van der Waals surface area contributed by atoms with Gasteiger partial charge < -0.3 is 10.6 Å². The van der Waals surface area contributed by atoms with E-state index in [4.69, 9.17) is 10.7 Å². The second kappa shape index (κ2) is 8.41. The molecule has 1 aliphatic rings. The molecule has 3 aromatic rings. The average Bonchev–Trinajstić information content (AvgIpc) is 2.73. The maximum Gasteiger partial charge on any atom is 0.0863 e. The molecule has 0 amide bonds. The van der Waals surface area contributed by atoms with Crippen molar-refractivity contribution in [3.63, 3.8) is 0 Å². The van der Waals surface area contributed by atoms with Crippen molar-refractivity contribution >= 4 is 23.3 Å². The number of nitrogens with two attached hydrogens (primary N) is 1. The van der Waals surface area contributed by atoms with E-state index in [-0.39, 0.29) is 0 Å². The van der Waals surface area contributed by atoms with E-state index in [2.05, 4.69) is 80.1 Å². The third kappa shape index (κ3) is 3.75. The second-order valence-electron chi connectivity index (χ2n) is 8.43. The number of aromatic nitrogens is 1. The van der Waals surface area contributed by atoms with Gasteiger partial charge in [0, 0.05) is 24.0 Å². The number of aliphatic imine (C=N–C) groups is 1. The third-order valence-corrected chi connectivity index (χ3v) is 5.62. The van der Waals surface area contributed by atoms with Crippen molar-refractivity contribution in [2.45, 2.75) is 40.7 Å². The van der Waals surface area contributed by atoms with Gasteiger partial charge in [-0.1, -0.05) is 55.8 Å². The van der Waals surface area contributed by atoms with Gasteiger partial charge >= 0.3 is 0 Å². The number of anilines is 2. The normalized spacial score (nSPS) is 13.1. The molecule has 4 nitrogen and oxygen atoms in total. The van der Waals surface area contributed by atoms with Crippen LogP contribution in [0, 0.1) is 19.8 Å². The highest BCUT2D eigenvalue weighted by atomic mass is 15.2. The van der Waals surface area contributed by atoms with Crippen molar-refractivity contribution < 1.29 is 0 Å². The molecular weight excluding hydrogens is 368 g/mol. The molecule has 0 unspecified atom stereocenters. The Balaban J connectivity index is 2.00. The van der Waals surface area contributed by atoms with Crippen LogP contribution >= 0.6 is 0 Å². The number of nitrogens with zero attached hydrogens (tertiary/aromatic N) is 3. The molecule has 154 valence electrons. The smallest absolute Gasteiger partial charge is 0.0863 e. The van der Waals surface area contributed by atoms with E-state index in [1.54, 1.807) is 0 Å². The molecule has 0 spiro atoms.